The number of carbonyl (C=O) groups is 1. The molecule has 0 aliphatic carbocycles. The highest BCUT2D eigenvalue weighted by molar-refractivity contribution is 5.87. The number of hydrogen-bond donors (Lipinski definition) is 0. The van der Waals surface area contributed by atoms with Gasteiger partial charge in [0, 0.05) is 6.42 Å². The second-order valence-electron chi connectivity index (χ2n) is 4.73. The van der Waals surface area contributed by atoms with Crippen molar-refractivity contribution in [2.24, 2.45) is 0 Å². The Bertz CT molecular complexity index is 584. The van der Waals surface area contributed by atoms with Gasteiger partial charge in [0.2, 0.25) is 5.76 Å². The molecule has 20 heavy (non-hydrogen) atoms. The average molecular weight is 273 g/mol. The van der Waals surface area contributed by atoms with Crippen LogP contribution in [-0.4, -0.2) is 17.6 Å². The fourth-order valence-electron chi connectivity index (χ4n) is 1.95. The van der Waals surface area contributed by atoms with Crippen molar-refractivity contribution in [2.45, 2.75) is 33.6 Å². The first-order valence-corrected chi connectivity index (χ1v) is 6.79. The van der Waals surface area contributed by atoms with Crippen molar-refractivity contribution >= 4 is 5.97 Å². The predicted octanol–water partition coefficient (Wildman–Crippen LogP) is 3.25. The SMILES string of the molecule is CCOC(=O)c1oc(CCc2ccc(C)cc2)nc1C. The fourth-order valence-corrected chi connectivity index (χ4v) is 1.95. The number of oxazole rings is 1. The molecule has 0 aliphatic heterocycles. The quantitative estimate of drug-likeness (QED) is 0.785. The molecule has 1 heterocycles. The third kappa shape index (κ3) is 3.47. The van der Waals surface area contributed by atoms with Gasteiger partial charge >= 0.3 is 5.97 Å². The lowest BCUT2D eigenvalue weighted by Crippen LogP contribution is -2.04. The normalized spacial score (nSPS) is 10.6. The van der Waals surface area contributed by atoms with E-state index >= 15 is 0 Å². The molecule has 0 atom stereocenters. The van der Waals surface area contributed by atoms with Gasteiger partial charge in [-0.25, -0.2) is 9.78 Å². The maximum Gasteiger partial charge on any atom is 0.376 e. The highest BCUT2D eigenvalue weighted by Gasteiger charge is 2.18. The zero-order valence-corrected chi connectivity index (χ0v) is 12.1. The zero-order chi connectivity index (χ0) is 14.5. The van der Waals surface area contributed by atoms with Gasteiger partial charge in [-0.05, 0) is 32.8 Å². The van der Waals surface area contributed by atoms with Crippen LogP contribution in [0.4, 0.5) is 0 Å². The summed E-state index contributed by atoms with van der Waals surface area (Å²) in [5.74, 6) is 0.343. The molecule has 0 N–H and O–H groups in total. The highest BCUT2D eigenvalue weighted by Crippen LogP contribution is 2.14. The summed E-state index contributed by atoms with van der Waals surface area (Å²) in [5, 5.41) is 0. The Morgan fingerprint density at radius 1 is 1.20 bits per heavy atom. The number of aromatic nitrogens is 1. The number of carbonyl (C=O) groups excluding carboxylic acids is 1. The number of nitrogens with zero attached hydrogens (tertiary/aromatic N) is 1. The van der Waals surface area contributed by atoms with Crippen LogP contribution in [0.5, 0.6) is 0 Å². The van der Waals surface area contributed by atoms with Gasteiger partial charge in [-0.2, -0.15) is 0 Å². The van der Waals surface area contributed by atoms with Crippen LogP contribution in [0.2, 0.25) is 0 Å². The molecule has 2 rings (SSSR count). The first kappa shape index (κ1) is 14.3. The van der Waals surface area contributed by atoms with Crippen LogP contribution < -0.4 is 0 Å². The van der Waals surface area contributed by atoms with Gasteiger partial charge in [-0.1, -0.05) is 29.8 Å². The summed E-state index contributed by atoms with van der Waals surface area (Å²) in [4.78, 5) is 15.9. The number of rotatable bonds is 5. The zero-order valence-electron chi connectivity index (χ0n) is 12.1. The van der Waals surface area contributed by atoms with Crippen molar-refractivity contribution in [3.63, 3.8) is 0 Å². The molecule has 0 radical (unpaired) electrons. The van der Waals surface area contributed by atoms with Gasteiger partial charge in [0.15, 0.2) is 5.89 Å². The van der Waals surface area contributed by atoms with E-state index in [1.54, 1.807) is 13.8 Å². The Balaban J connectivity index is 2.01. The minimum Gasteiger partial charge on any atom is -0.460 e. The highest BCUT2D eigenvalue weighted by atomic mass is 16.5. The first-order valence-electron chi connectivity index (χ1n) is 6.79. The maximum absolute atomic E-state index is 11.6. The number of esters is 1. The first-order chi connectivity index (χ1) is 9.60. The van der Waals surface area contributed by atoms with Crippen molar-refractivity contribution in [3.8, 4) is 0 Å². The smallest absolute Gasteiger partial charge is 0.376 e. The molecule has 4 heteroatoms. The molecule has 0 unspecified atom stereocenters. The molecule has 4 nitrogen and oxygen atoms in total. The number of aryl methyl sites for hydroxylation is 4. The van der Waals surface area contributed by atoms with E-state index in [1.807, 2.05) is 0 Å². The second-order valence-corrected chi connectivity index (χ2v) is 4.73. The van der Waals surface area contributed by atoms with Gasteiger partial charge in [-0.15, -0.1) is 0 Å². The summed E-state index contributed by atoms with van der Waals surface area (Å²) in [6.07, 6.45) is 1.51. The standard InChI is InChI=1S/C16H19NO3/c1-4-19-16(18)15-12(3)17-14(20-15)10-9-13-7-5-11(2)6-8-13/h5-8H,4,9-10H2,1-3H3. The molecule has 0 fully saturated rings. The molecule has 0 saturated carbocycles. The van der Waals surface area contributed by atoms with Crippen molar-refractivity contribution in [3.05, 3.63) is 52.7 Å². The van der Waals surface area contributed by atoms with Crippen LogP contribution in [0, 0.1) is 13.8 Å². The largest absolute Gasteiger partial charge is 0.460 e. The van der Waals surface area contributed by atoms with Gasteiger partial charge < -0.3 is 9.15 Å². The van der Waals surface area contributed by atoms with E-state index in [4.69, 9.17) is 9.15 Å². The monoisotopic (exact) mass is 273 g/mol. The predicted molar refractivity (Wildman–Crippen MR) is 75.8 cm³/mol. The molecular weight excluding hydrogens is 254 g/mol. The van der Waals surface area contributed by atoms with Gasteiger partial charge in [0.25, 0.3) is 0 Å². The molecule has 0 spiro atoms. The Morgan fingerprint density at radius 2 is 1.90 bits per heavy atom. The molecule has 1 aromatic heterocycles. The third-order valence-corrected chi connectivity index (χ3v) is 3.05. The van der Waals surface area contributed by atoms with Gasteiger partial charge in [0.05, 0.1) is 12.3 Å². The van der Waals surface area contributed by atoms with Crippen LogP contribution in [0.25, 0.3) is 0 Å². The number of hydrogen-bond acceptors (Lipinski definition) is 4. The van der Waals surface area contributed by atoms with E-state index in [9.17, 15) is 4.79 Å². The van der Waals surface area contributed by atoms with Crippen molar-refractivity contribution in [1.29, 1.82) is 0 Å². The van der Waals surface area contributed by atoms with Crippen LogP contribution >= 0.6 is 0 Å². The topological polar surface area (TPSA) is 52.3 Å². The van der Waals surface area contributed by atoms with Crippen molar-refractivity contribution < 1.29 is 13.9 Å². The molecule has 1 aromatic carbocycles. The van der Waals surface area contributed by atoms with Crippen LogP contribution in [0.3, 0.4) is 0 Å². The van der Waals surface area contributed by atoms with E-state index in [-0.39, 0.29) is 5.76 Å². The molecule has 2 aromatic rings. The van der Waals surface area contributed by atoms with Gasteiger partial charge in [-0.3, -0.25) is 0 Å². The fraction of sp³-hybridized carbons (Fsp3) is 0.375. The average Bonchev–Trinajstić information content (AvgIpc) is 2.80. The van der Waals surface area contributed by atoms with E-state index < -0.39 is 5.97 Å². The summed E-state index contributed by atoms with van der Waals surface area (Å²) < 4.78 is 10.4. The van der Waals surface area contributed by atoms with E-state index in [2.05, 4.69) is 36.2 Å². The van der Waals surface area contributed by atoms with E-state index in [0.717, 1.165) is 6.42 Å². The second kappa shape index (κ2) is 6.37. The minimum atomic E-state index is -0.445. The summed E-state index contributed by atoms with van der Waals surface area (Å²) in [5.41, 5.74) is 3.05. The summed E-state index contributed by atoms with van der Waals surface area (Å²) in [6, 6.07) is 8.36. The maximum atomic E-state index is 11.6. The summed E-state index contributed by atoms with van der Waals surface area (Å²) in [6.45, 7) is 5.91. The molecular formula is C16H19NO3. The Kier molecular flexibility index (Phi) is 4.56. The lowest BCUT2D eigenvalue weighted by Gasteiger charge is -1.99. The van der Waals surface area contributed by atoms with Crippen LogP contribution in [-0.2, 0) is 17.6 Å². The minimum absolute atomic E-state index is 0.214. The Hall–Kier alpha value is -2.10. The number of ether oxygens (including phenoxy) is 1. The lowest BCUT2D eigenvalue weighted by molar-refractivity contribution is 0.0487. The molecule has 106 valence electrons. The third-order valence-electron chi connectivity index (χ3n) is 3.05. The summed E-state index contributed by atoms with van der Waals surface area (Å²) >= 11 is 0. The van der Waals surface area contributed by atoms with Crippen molar-refractivity contribution in [2.75, 3.05) is 6.61 Å². The Labute approximate surface area is 118 Å². The van der Waals surface area contributed by atoms with Gasteiger partial charge in [0.1, 0.15) is 0 Å². The molecule has 0 bridgehead atoms. The van der Waals surface area contributed by atoms with Crippen molar-refractivity contribution in [1.82, 2.24) is 4.98 Å². The summed E-state index contributed by atoms with van der Waals surface area (Å²) in [7, 11) is 0. The van der Waals surface area contributed by atoms with E-state index in [0.29, 0.717) is 24.6 Å². The van der Waals surface area contributed by atoms with Crippen LogP contribution in [0.15, 0.2) is 28.7 Å². The lowest BCUT2D eigenvalue weighted by atomic mass is 10.1. The van der Waals surface area contributed by atoms with Crippen LogP contribution in [0.1, 0.15) is 40.2 Å². The van der Waals surface area contributed by atoms with E-state index in [1.165, 1.54) is 11.1 Å². The Morgan fingerprint density at radius 3 is 2.55 bits per heavy atom. The molecule has 0 amide bonds. The molecule has 0 aliphatic rings. The molecule has 0 saturated heterocycles. The number of benzene rings is 1.